The summed E-state index contributed by atoms with van der Waals surface area (Å²) in [6, 6.07) is 0. The third kappa shape index (κ3) is 2.89. The summed E-state index contributed by atoms with van der Waals surface area (Å²) in [6.07, 6.45) is 5.35. The van der Waals surface area contributed by atoms with Crippen LogP contribution in [0.25, 0.3) is 0 Å². The third-order valence-corrected chi connectivity index (χ3v) is 5.41. The van der Waals surface area contributed by atoms with Gasteiger partial charge in [0.2, 0.25) is 0 Å². The highest BCUT2D eigenvalue weighted by molar-refractivity contribution is 5.86. The van der Waals surface area contributed by atoms with Crippen molar-refractivity contribution in [2.75, 3.05) is 0 Å². The van der Waals surface area contributed by atoms with Gasteiger partial charge in [0.15, 0.2) is 0 Å². The van der Waals surface area contributed by atoms with Crippen molar-refractivity contribution in [3.63, 3.8) is 0 Å². The van der Waals surface area contributed by atoms with Crippen molar-refractivity contribution in [3.8, 4) is 0 Å². The number of esters is 1. The van der Waals surface area contributed by atoms with E-state index in [1.54, 1.807) is 0 Å². The second kappa shape index (κ2) is 5.66. The topological polar surface area (TPSA) is 63.6 Å². The molecule has 2 aliphatic carbocycles. The lowest BCUT2D eigenvalue weighted by Crippen LogP contribution is -2.44. The number of aliphatic carboxylic acids is 1. The SMILES string of the molecule is C=C(C(=O)O)[C@@H]1CCC2=CC[C@H](OC(C)=O)[C@H](C)[C@@]2(C)C1. The summed E-state index contributed by atoms with van der Waals surface area (Å²) in [5.41, 5.74) is 1.57. The molecule has 1 N–H and O–H groups in total. The van der Waals surface area contributed by atoms with Gasteiger partial charge in [0, 0.05) is 24.8 Å². The number of fused-ring (bicyclic) bond motifs is 1. The van der Waals surface area contributed by atoms with Crippen molar-refractivity contribution in [1.29, 1.82) is 0 Å². The Labute approximate surface area is 125 Å². The molecule has 0 heterocycles. The average molecular weight is 292 g/mol. The number of ether oxygens (including phenoxy) is 1. The highest BCUT2D eigenvalue weighted by Gasteiger charge is 2.47. The first-order chi connectivity index (χ1) is 9.75. The molecule has 0 aliphatic heterocycles. The Morgan fingerprint density at radius 1 is 1.48 bits per heavy atom. The maximum absolute atomic E-state index is 11.2. The number of hydrogen-bond donors (Lipinski definition) is 1. The van der Waals surface area contributed by atoms with Crippen LogP contribution in [-0.2, 0) is 14.3 Å². The summed E-state index contributed by atoms with van der Waals surface area (Å²) in [7, 11) is 0. The van der Waals surface area contributed by atoms with Crippen LogP contribution in [0, 0.1) is 17.3 Å². The highest BCUT2D eigenvalue weighted by Crippen LogP contribution is 2.53. The van der Waals surface area contributed by atoms with Gasteiger partial charge in [-0.25, -0.2) is 4.79 Å². The molecular weight excluding hydrogens is 268 g/mol. The zero-order valence-corrected chi connectivity index (χ0v) is 13.0. The molecule has 0 radical (unpaired) electrons. The minimum Gasteiger partial charge on any atom is -0.478 e. The van der Waals surface area contributed by atoms with Crippen LogP contribution < -0.4 is 0 Å². The average Bonchev–Trinajstić information content (AvgIpc) is 2.41. The van der Waals surface area contributed by atoms with Crippen molar-refractivity contribution >= 4 is 11.9 Å². The van der Waals surface area contributed by atoms with Crippen molar-refractivity contribution < 1.29 is 19.4 Å². The van der Waals surface area contributed by atoms with Gasteiger partial charge in [-0.2, -0.15) is 0 Å². The zero-order chi connectivity index (χ0) is 15.8. The molecule has 4 heteroatoms. The lowest BCUT2D eigenvalue weighted by molar-refractivity contribution is -0.151. The van der Waals surface area contributed by atoms with Crippen LogP contribution in [-0.4, -0.2) is 23.1 Å². The van der Waals surface area contributed by atoms with Gasteiger partial charge in [-0.15, -0.1) is 0 Å². The van der Waals surface area contributed by atoms with Crippen molar-refractivity contribution in [2.45, 2.75) is 52.6 Å². The van der Waals surface area contributed by atoms with Crippen LogP contribution >= 0.6 is 0 Å². The number of carbonyl (C=O) groups excluding carboxylic acids is 1. The smallest absolute Gasteiger partial charge is 0.331 e. The predicted octanol–water partition coefficient (Wildman–Crippen LogP) is 3.33. The predicted molar refractivity (Wildman–Crippen MR) is 79.6 cm³/mol. The lowest BCUT2D eigenvalue weighted by Gasteiger charge is -2.49. The molecule has 116 valence electrons. The zero-order valence-electron chi connectivity index (χ0n) is 13.0. The standard InChI is InChI=1S/C17H24O4/c1-10(16(19)20)13-5-6-14-7-8-15(21-12(3)18)11(2)17(14,4)9-13/h7,11,13,15H,1,5-6,8-9H2,2-4H3,(H,19,20)/t11-,13+,15-,17+/m0/s1. The van der Waals surface area contributed by atoms with E-state index in [2.05, 4.69) is 26.5 Å². The summed E-state index contributed by atoms with van der Waals surface area (Å²) in [4.78, 5) is 22.4. The normalized spacial score (nSPS) is 35.4. The van der Waals surface area contributed by atoms with E-state index in [0.717, 1.165) is 25.7 Å². The summed E-state index contributed by atoms with van der Waals surface area (Å²) < 4.78 is 5.44. The number of hydrogen-bond acceptors (Lipinski definition) is 3. The molecule has 4 atom stereocenters. The number of carboxylic acids is 1. The highest BCUT2D eigenvalue weighted by atomic mass is 16.5. The summed E-state index contributed by atoms with van der Waals surface area (Å²) in [6.45, 7) is 9.44. The summed E-state index contributed by atoms with van der Waals surface area (Å²) >= 11 is 0. The second-order valence-electron chi connectivity index (χ2n) is 6.59. The van der Waals surface area contributed by atoms with Crippen LogP contribution in [0.4, 0.5) is 0 Å². The van der Waals surface area contributed by atoms with Crippen LogP contribution in [0.1, 0.15) is 46.5 Å². The Bertz CT molecular complexity index is 505. The van der Waals surface area contributed by atoms with Crippen molar-refractivity contribution in [3.05, 3.63) is 23.8 Å². The largest absolute Gasteiger partial charge is 0.478 e. The minimum atomic E-state index is -0.906. The molecule has 2 aliphatic rings. The first-order valence-corrected chi connectivity index (χ1v) is 7.54. The van der Waals surface area contributed by atoms with Gasteiger partial charge in [0.05, 0.1) is 0 Å². The van der Waals surface area contributed by atoms with Gasteiger partial charge in [-0.1, -0.05) is 32.1 Å². The van der Waals surface area contributed by atoms with E-state index in [-0.39, 0.29) is 29.3 Å². The van der Waals surface area contributed by atoms with Crippen LogP contribution in [0.5, 0.6) is 0 Å². The fourth-order valence-corrected chi connectivity index (χ4v) is 3.88. The van der Waals surface area contributed by atoms with E-state index in [4.69, 9.17) is 9.84 Å². The maximum Gasteiger partial charge on any atom is 0.331 e. The van der Waals surface area contributed by atoms with Crippen LogP contribution in [0.3, 0.4) is 0 Å². The molecule has 0 bridgehead atoms. The van der Waals surface area contributed by atoms with Crippen LogP contribution in [0.15, 0.2) is 23.8 Å². The molecule has 1 saturated carbocycles. The van der Waals surface area contributed by atoms with Gasteiger partial charge in [0.1, 0.15) is 6.10 Å². The van der Waals surface area contributed by atoms with Crippen LogP contribution in [0.2, 0.25) is 0 Å². The lowest BCUT2D eigenvalue weighted by atomic mass is 9.57. The molecule has 4 nitrogen and oxygen atoms in total. The molecule has 0 spiro atoms. The first kappa shape index (κ1) is 15.8. The van der Waals surface area contributed by atoms with Crippen molar-refractivity contribution in [2.24, 2.45) is 17.3 Å². The molecule has 21 heavy (non-hydrogen) atoms. The Morgan fingerprint density at radius 3 is 2.71 bits per heavy atom. The van der Waals surface area contributed by atoms with Gasteiger partial charge in [-0.3, -0.25) is 4.79 Å². The monoisotopic (exact) mass is 292 g/mol. The Kier molecular flexibility index (Phi) is 4.26. The van der Waals surface area contributed by atoms with E-state index in [9.17, 15) is 9.59 Å². The number of allylic oxidation sites excluding steroid dienone is 1. The van der Waals surface area contributed by atoms with E-state index in [1.165, 1.54) is 12.5 Å². The molecule has 2 rings (SSSR count). The molecular formula is C17H24O4. The Morgan fingerprint density at radius 2 is 2.14 bits per heavy atom. The van der Waals surface area contributed by atoms with E-state index in [0.29, 0.717) is 5.57 Å². The minimum absolute atomic E-state index is 0.00294. The number of carboxylic acid groups (broad SMARTS) is 1. The van der Waals surface area contributed by atoms with Crippen molar-refractivity contribution in [1.82, 2.24) is 0 Å². The fraction of sp³-hybridized carbons (Fsp3) is 0.647. The van der Waals surface area contributed by atoms with Gasteiger partial charge in [-0.05, 0) is 30.6 Å². The van der Waals surface area contributed by atoms with Gasteiger partial charge >= 0.3 is 11.9 Å². The Hall–Kier alpha value is -1.58. The van der Waals surface area contributed by atoms with Gasteiger partial charge in [0.25, 0.3) is 0 Å². The quantitative estimate of drug-likeness (QED) is 0.492. The number of rotatable bonds is 3. The molecule has 0 aromatic carbocycles. The molecule has 0 saturated heterocycles. The maximum atomic E-state index is 11.2. The van der Waals surface area contributed by atoms with E-state index >= 15 is 0 Å². The molecule has 0 unspecified atom stereocenters. The Balaban J connectivity index is 2.22. The molecule has 0 aromatic heterocycles. The number of carbonyl (C=O) groups is 2. The van der Waals surface area contributed by atoms with E-state index < -0.39 is 5.97 Å². The molecule has 1 fully saturated rings. The first-order valence-electron chi connectivity index (χ1n) is 7.54. The summed E-state index contributed by atoms with van der Waals surface area (Å²) in [5, 5.41) is 9.17. The second-order valence-corrected chi connectivity index (χ2v) is 6.59. The molecule has 0 amide bonds. The fourth-order valence-electron chi connectivity index (χ4n) is 3.88. The molecule has 0 aromatic rings. The third-order valence-electron chi connectivity index (χ3n) is 5.41. The van der Waals surface area contributed by atoms with Gasteiger partial charge < -0.3 is 9.84 Å². The summed E-state index contributed by atoms with van der Waals surface area (Å²) in [5.74, 6) is -0.973. The van der Waals surface area contributed by atoms with E-state index in [1.807, 2.05) is 0 Å².